The molecule has 1 aromatic carbocycles. The quantitative estimate of drug-likeness (QED) is 0.660. The van der Waals surface area contributed by atoms with Crippen molar-refractivity contribution in [2.75, 3.05) is 6.54 Å². The summed E-state index contributed by atoms with van der Waals surface area (Å²) in [6.45, 7) is 5.14. The molecule has 0 spiro atoms. The van der Waals surface area contributed by atoms with Gasteiger partial charge in [0.1, 0.15) is 0 Å². The summed E-state index contributed by atoms with van der Waals surface area (Å²) in [5.41, 5.74) is 3.97. The van der Waals surface area contributed by atoms with Crippen LogP contribution in [0, 0.1) is 0 Å². The van der Waals surface area contributed by atoms with E-state index in [9.17, 15) is 0 Å². The minimum absolute atomic E-state index is 0.940. The predicted molar refractivity (Wildman–Crippen MR) is 83.8 cm³/mol. The van der Waals surface area contributed by atoms with Gasteiger partial charge in [-0.2, -0.15) is 0 Å². The maximum absolute atomic E-state index is 3.51. The van der Waals surface area contributed by atoms with Crippen LogP contribution in [0.15, 0.2) is 48.9 Å². The zero-order chi connectivity index (χ0) is 13.8. The first kappa shape index (κ1) is 13.0. The Labute approximate surface area is 119 Å². The van der Waals surface area contributed by atoms with Gasteiger partial charge in [-0.3, -0.25) is 0 Å². The van der Waals surface area contributed by atoms with Gasteiger partial charge >= 0.3 is 0 Å². The lowest BCUT2D eigenvalue weighted by molar-refractivity contribution is 0.684. The summed E-state index contributed by atoms with van der Waals surface area (Å²) in [5, 5.41) is 4.85. The molecule has 0 unspecified atom stereocenters. The van der Waals surface area contributed by atoms with Crippen molar-refractivity contribution in [2.45, 2.75) is 26.4 Å². The van der Waals surface area contributed by atoms with Crippen molar-refractivity contribution < 1.29 is 0 Å². The Morgan fingerprint density at radius 3 is 2.95 bits per heavy atom. The van der Waals surface area contributed by atoms with Crippen LogP contribution in [-0.2, 0) is 19.5 Å². The van der Waals surface area contributed by atoms with E-state index in [-0.39, 0.29) is 0 Å². The Morgan fingerprint density at radius 2 is 2.10 bits per heavy atom. The van der Waals surface area contributed by atoms with Crippen LogP contribution < -0.4 is 5.32 Å². The molecule has 0 saturated heterocycles. The smallest absolute Gasteiger partial charge is 0.0456 e. The van der Waals surface area contributed by atoms with E-state index in [4.69, 9.17) is 0 Å². The molecule has 2 heterocycles. The Balaban J connectivity index is 1.52. The van der Waals surface area contributed by atoms with Crippen LogP contribution in [0.1, 0.15) is 18.1 Å². The van der Waals surface area contributed by atoms with E-state index in [1.807, 2.05) is 0 Å². The van der Waals surface area contributed by atoms with Crippen LogP contribution in [0.5, 0.6) is 0 Å². The monoisotopic (exact) mass is 267 g/mol. The third-order valence-electron chi connectivity index (χ3n) is 3.75. The van der Waals surface area contributed by atoms with Crippen LogP contribution in [0.4, 0.5) is 0 Å². The highest BCUT2D eigenvalue weighted by Crippen LogP contribution is 2.17. The number of nitrogens with zero attached hydrogens (tertiary/aromatic N) is 1. The fourth-order valence-electron chi connectivity index (χ4n) is 2.59. The highest BCUT2D eigenvalue weighted by molar-refractivity contribution is 5.83. The molecule has 3 nitrogen and oxygen atoms in total. The molecule has 0 saturated carbocycles. The lowest BCUT2D eigenvalue weighted by Crippen LogP contribution is -2.16. The third-order valence-corrected chi connectivity index (χ3v) is 3.75. The maximum atomic E-state index is 3.51. The van der Waals surface area contributed by atoms with Gasteiger partial charge in [0.2, 0.25) is 0 Å². The number of benzene rings is 1. The molecule has 3 rings (SSSR count). The zero-order valence-corrected chi connectivity index (χ0v) is 11.9. The molecule has 2 N–H and O–H groups in total. The number of para-hydroxylation sites is 1. The Morgan fingerprint density at radius 1 is 1.20 bits per heavy atom. The molecule has 20 heavy (non-hydrogen) atoms. The Kier molecular flexibility index (Phi) is 3.88. The van der Waals surface area contributed by atoms with E-state index in [1.165, 1.54) is 22.0 Å². The topological polar surface area (TPSA) is 32.8 Å². The van der Waals surface area contributed by atoms with E-state index in [0.717, 1.165) is 26.1 Å². The van der Waals surface area contributed by atoms with E-state index in [2.05, 4.69) is 70.7 Å². The summed E-state index contributed by atoms with van der Waals surface area (Å²) in [4.78, 5) is 3.33. The second-order valence-electron chi connectivity index (χ2n) is 5.14. The molecule has 104 valence electrons. The van der Waals surface area contributed by atoms with Gasteiger partial charge in [0.25, 0.3) is 0 Å². The number of fused-ring (bicyclic) bond motifs is 1. The van der Waals surface area contributed by atoms with Crippen molar-refractivity contribution in [2.24, 2.45) is 0 Å². The molecule has 0 amide bonds. The van der Waals surface area contributed by atoms with E-state index < -0.39 is 0 Å². The fraction of sp³-hybridized carbons (Fsp3) is 0.294. The summed E-state index contributed by atoms with van der Waals surface area (Å²) in [6, 6.07) is 10.7. The predicted octanol–water partition coefficient (Wildman–Crippen LogP) is 3.32. The van der Waals surface area contributed by atoms with Gasteiger partial charge in [0.05, 0.1) is 0 Å². The lowest BCUT2D eigenvalue weighted by Gasteiger charge is -2.03. The van der Waals surface area contributed by atoms with E-state index in [1.54, 1.807) is 0 Å². The summed E-state index contributed by atoms with van der Waals surface area (Å²) in [5.74, 6) is 0. The Hall–Kier alpha value is -2.00. The molecule has 0 atom stereocenters. The third kappa shape index (κ3) is 2.78. The number of nitrogens with one attached hydrogen (secondary N) is 2. The number of hydrogen-bond acceptors (Lipinski definition) is 1. The van der Waals surface area contributed by atoms with Crippen molar-refractivity contribution in [3.63, 3.8) is 0 Å². The second-order valence-corrected chi connectivity index (χ2v) is 5.14. The van der Waals surface area contributed by atoms with Gasteiger partial charge in [-0.15, -0.1) is 0 Å². The number of H-pyrrole nitrogens is 1. The number of aryl methyl sites for hydroxylation is 1. The lowest BCUT2D eigenvalue weighted by atomic mass is 10.1. The first-order chi connectivity index (χ1) is 9.86. The van der Waals surface area contributed by atoms with Crippen molar-refractivity contribution >= 4 is 10.9 Å². The molecule has 0 aliphatic heterocycles. The molecule has 2 aromatic heterocycles. The van der Waals surface area contributed by atoms with Crippen LogP contribution in [-0.4, -0.2) is 16.1 Å². The molecule has 0 radical (unpaired) electrons. The van der Waals surface area contributed by atoms with Gasteiger partial charge in [-0.1, -0.05) is 18.2 Å². The SMILES string of the molecule is CCn1ccc(CNCCc2c[nH]c3ccccc23)c1. The summed E-state index contributed by atoms with van der Waals surface area (Å²) >= 11 is 0. The minimum atomic E-state index is 0.940. The van der Waals surface area contributed by atoms with Crippen LogP contribution in [0.2, 0.25) is 0 Å². The van der Waals surface area contributed by atoms with Crippen LogP contribution in [0.3, 0.4) is 0 Å². The first-order valence-corrected chi connectivity index (χ1v) is 7.27. The van der Waals surface area contributed by atoms with Crippen molar-refractivity contribution in [3.8, 4) is 0 Å². The van der Waals surface area contributed by atoms with Crippen molar-refractivity contribution in [1.82, 2.24) is 14.9 Å². The maximum Gasteiger partial charge on any atom is 0.0456 e. The largest absolute Gasteiger partial charge is 0.361 e. The highest BCUT2D eigenvalue weighted by Gasteiger charge is 2.02. The average Bonchev–Trinajstić information content (AvgIpc) is 3.10. The van der Waals surface area contributed by atoms with Crippen LogP contribution >= 0.6 is 0 Å². The molecule has 0 aliphatic carbocycles. The van der Waals surface area contributed by atoms with Gasteiger partial charge in [-0.25, -0.2) is 0 Å². The summed E-state index contributed by atoms with van der Waals surface area (Å²) < 4.78 is 2.21. The molecule has 0 bridgehead atoms. The van der Waals surface area contributed by atoms with Crippen molar-refractivity contribution in [1.29, 1.82) is 0 Å². The summed E-state index contributed by atoms with van der Waals surface area (Å²) in [7, 11) is 0. The molecule has 0 aliphatic rings. The van der Waals surface area contributed by atoms with E-state index >= 15 is 0 Å². The molecular formula is C17H21N3. The van der Waals surface area contributed by atoms with Crippen LogP contribution in [0.25, 0.3) is 10.9 Å². The number of hydrogen-bond donors (Lipinski definition) is 2. The Bertz CT molecular complexity index is 678. The van der Waals surface area contributed by atoms with Gasteiger partial charge in [0.15, 0.2) is 0 Å². The molecular weight excluding hydrogens is 246 g/mol. The fourth-order valence-corrected chi connectivity index (χ4v) is 2.59. The number of aromatic amines is 1. The second kappa shape index (κ2) is 5.97. The number of aromatic nitrogens is 2. The molecule has 3 heteroatoms. The summed E-state index contributed by atoms with van der Waals surface area (Å²) in [6.07, 6.45) is 7.52. The average molecular weight is 267 g/mol. The zero-order valence-electron chi connectivity index (χ0n) is 11.9. The molecule has 0 fully saturated rings. The van der Waals surface area contributed by atoms with E-state index in [0.29, 0.717) is 0 Å². The molecule has 3 aromatic rings. The van der Waals surface area contributed by atoms with Crippen molar-refractivity contribution in [3.05, 3.63) is 60.0 Å². The van der Waals surface area contributed by atoms with Gasteiger partial charge in [-0.05, 0) is 43.1 Å². The van der Waals surface area contributed by atoms with Gasteiger partial charge in [0, 0.05) is 42.6 Å². The van der Waals surface area contributed by atoms with Gasteiger partial charge < -0.3 is 14.9 Å². The number of rotatable bonds is 6. The highest BCUT2D eigenvalue weighted by atomic mass is 14.9. The first-order valence-electron chi connectivity index (χ1n) is 7.27. The minimum Gasteiger partial charge on any atom is -0.361 e. The standard InChI is InChI=1S/C17H21N3/c1-2-20-10-8-14(13-20)11-18-9-7-15-12-19-17-6-4-3-5-16(15)17/h3-6,8,10,12-13,18-19H,2,7,9,11H2,1H3. The normalized spacial score (nSPS) is 11.2.